The van der Waals surface area contributed by atoms with Crippen LogP contribution in [0, 0.1) is 6.92 Å². The third-order valence-electron chi connectivity index (χ3n) is 2.98. The normalized spacial score (nSPS) is 10.7. The Balaban J connectivity index is 2.12. The molecule has 18 heavy (non-hydrogen) atoms. The molecule has 0 aliphatic carbocycles. The Hall–Kier alpha value is -2.42. The van der Waals surface area contributed by atoms with Crippen LogP contribution in [0.2, 0.25) is 0 Å². The van der Waals surface area contributed by atoms with Crippen molar-refractivity contribution >= 4 is 16.8 Å². The molecular weight excluding hydrogens is 224 g/mol. The molecule has 0 bridgehead atoms. The summed E-state index contributed by atoms with van der Waals surface area (Å²) in [5.41, 5.74) is 3.20. The van der Waals surface area contributed by atoms with Crippen LogP contribution in [0.15, 0.2) is 48.8 Å². The topological polar surface area (TPSA) is 45.8 Å². The van der Waals surface area contributed by atoms with E-state index in [2.05, 4.69) is 9.97 Å². The van der Waals surface area contributed by atoms with Crippen molar-refractivity contribution in [2.45, 2.75) is 6.92 Å². The molecule has 0 saturated carbocycles. The van der Waals surface area contributed by atoms with Gasteiger partial charge >= 0.3 is 0 Å². The van der Waals surface area contributed by atoms with Gasteiger partial charge < -0.3 is 4.98 Å². The number of aromatic amines is 1. The Kier molecular flexibility index (Phi) is 2.45. The van der Waals surface area contributed by atoms with E-state index in [1.165, 1.54) is 0 Å². The van der Waals surface area contributed by atoms with Crippen molar-refractivity contribution in [3.8, 4) is 0 Å². The van der Waals surface area contributed by atoms with E-state index < -0.39 is 0 Å². The molecule has 0 spiro atoms. The van der Waals surface area contributed by atoms with E-state index in [1.54, 1.807) is 12.4 Å². The van der Waals surface area contributed by atoms with Crippen LogP contribution in [0.5, 0.6) is 0 Å². The van der Waals surface area contributed by atoms with Gasteiger partial charge in [0, 0.05) is 28.9 Å². The summed E-state index contributed by atoms with van der Waals surface area (Å²) in [6.07, 6.45) is 3.43. The Morgan fingerprint density at radius 2 is 2.11 bits per heavy atom. The number of aryl methyl sites for hydroxylation is 1. The first kappa shape index (κ1) is 10.7. The van der Waals surface area contributed by atoms with Crippen LogP contribution >= 0.6 is 0 Å². The first-order chi connectivity index (χ1) is 8.75. The summed E-state index contributed by atoms with van der Waals surface area (Å²) in [6.45, 7) is 1.98. The largest absolute Gasteiger partial charge is 0.345 e. The number of aromatic nitrogens is 2. The summed E-state index contributed by atoms with van der Waals surface area (Å²) in [7, 11) is 0. The maximum atomic E-state index is 12.4. The molecule has 0 unspecified atom stereocenters. The van der Waals surface area contributed by atoms with Gasteiger partial charge in [-0.1, -0.05) is 23.8 Å². The molecule has 0 amide bonds. The quantitative estimate of drug-likeness (QED) is 0.695. The predicted molar refractivity (Wildman–Crippen MR) is 70.7 cm³/mol. The van der Waals surface area contributed by atoms with Crippen molar-refractivity contribution in [1.82, 2.24) is 9.97 Å². The molecule has 1 N–H and O–H groups in total. The monoisotopic (exact) mass is 236 g/mol. The molecule has 0 saturated heterocycles. The zero-order valence-electron chi connectivity index (χ0n) is 9.97. The number of rotatable bonds is 2. The molecular formula is C15H12N2O. The summed E-state index contributed by atoms with van der Waals surface area (Å²) in [5, 5.41) is 0.865. The highest BCUT2D eigenvalue weighted by molar-refractivity contribution is 6.15. The number of nitrogens with one attached hydrogen (secondary N) is 1. The fraction of sp³-hybridized carbons (Fsp3) is 0.0667. The minimum atomic E-state index is 0.0259. The average molecular weight is 236 g/mol. The maximum Gasteiger partial charge on any atom is 0.195 e. The number of carbonyl (C=O) groups excluding carboxylic acids is 1. The molecule has 3 rings (SSSR count). The van der Waals surface area contributed by atoms with Crippen molar-refractivity contribution in [1.29, 1.82) is 0 Å². The molecule has 0 atom stereocenters. The smallest absolute Gasteiger partial charge is 0.195 e. The molecule has 3 heteroatoms. The molecule has 2 aromatic heterocycles. The van der Waals surface area contributed by atoms with E-state index in [1.807, 2.05) is 43.3 Å². The number of fused-ring (bicyclic) bond motifs is 1. The van der Waals surface area contributed by atoms with Gasteiger partial charge in [0.05, 0.1) is 0 Å². The van der Waals surface area contributed by atoms with Crippen LogP contribution < -0.4 is 0 Å². The first-order valence-electron chi connectivity index (χ1n) is 5.79. The minimum Gasteiger partial charge on any atom is -0.345 e. The second-order valence-corrected chi connectivity index (χ2v) is 4.30. The summed E-state index contributed by atoms with van der Waals surface area (Å²) in [6, 6.07) is 11.4. The van der Waals surface area contributed by atoms with Crippen LogP contribution in [0.1, 0.15) is 21.5 Å². The lowest BCUT2D eigenvalue weighted by Gasteiger charge is -2.00. The third kappa shape index (κ3) is 1.70. The Bertz CT molecular complexity index is 728. The van der Waals surface area contributed by atoms with Crippen LogP contribution in [-0.4, -0.2) is 15.8 Å². The van der Waals surface area contributed by atoms with E-state index in [0.717, 1.165) is 16.6 Å². The standard InChI is InChI=1S/C15H12N2O/c1-10-4-2-5-11(8-10)14(18)13-9-17-15-12(13)6-3-7-16-15/h2-9H,1H3,(H,16,17). The third-order valence-corrected chi connectivity index (χ3v) is 2.98. The number of carbonyl (C=O) groups is 1. The molecule has 88 valence electrons. The highest BCUT2D eigenvalue weighted by Crippen LogP contribution is 2.19. The van der Waals surface area contributed by atoms with Gasteiger partial charge in [-0.3, -0.25) is 4.79 Å². The lowest BCUT2D eigenvalue weighted by atomic mass is 10.0. The summed E-state index contributed by atoms with van der Waals surface area (Å²) in [4.78, 5) is 19.6. The van der Waals surface area contributed by atoms with Crippen molar-refractivity contribution in [2.24, 2.45) is 0 Å². The van der Waals surface area contributed by atoms with E-state index in [-0.39, 0.29) is 5.78 Å². The number of hydrogen-bond acceptors (Lipinski definition) is 2. The fourth-order valence-electron chi connectivity index (χ4n) is 2.09. The van der Waals surface area contributed by atoms with E-state index in [0.29, 0.717) is 11.1 Å². The molecule has 1 aromatic carbocycles. The van der Waals surface area contributed by atoms with Crippen LogP contribution in [0.3, 0.4) is 0 Å². The van der Waals surface area contributed by atoms with E-state index in [9.17, 15) is 4.79 Å². The van der Waals surface area contributed by atoms with Crippen molar-refractivity contribution < 1.29 is 4.79 Å². The van der Waals surface area contributed by atoms with Crippen molar-refractivity contribution in [3.63, 3.8) is 0 Å². The zero-order chi connectivity index (χ0) is 12.5. The number of benzene rings is 1. The number of ketones is 1. The Morgan fingerprint density at radius 3 is 2.94 bits per heavy atom. The van der Waals surface area contributed by atoms with Gasteiger partial charge in [0.2, 0.25) is 0 Å². The lowest BCUT2D eigenvalue weighted by molar-refractivity contribution is 0.104. The molecule has 3 aromatic rings. The molecule has 0 aliphatic rings. The molecule has 0 aliphatic heterocycles. The minimum absolute atomic E-state index is 0.0259. The number of pyridine rings is 1. The Labute approximate surface area is 104 Å². The van der Waals surface area contributed by atoms with Gasteiger partial charge in [-0.05, 0) is 25.1 Å². The number of H-pyrrole nitrogens is 1. The molecule has 0 fully saturated rings. The molecule has 2 heterocycles. The van der Waals surface area contributed by atoms with Crippen molar-refractivity contribution in [2.75, 3.05) is 0 Å². The lowest BCUT2D eigenvalue weighted by Crippen LogP contribution is -2.00. The van der Waals surface area contributed by atoms with Crippen molar-refractivity contribution in [3.05, 3.63) is 65.5 Å². The second-order valence-electron chi connectivity index (χ2n) is 4.30. The van der Waals surface area contributed by atoms with Gasteiger partial charge in [-0.25, -0.2) is 4.98 Å². The molecule has 0 radical (unpaired) electrons. The summed E-state index contributed by atoms with van der Waals surface area (Å²) < 4.78 is 0. The highest BCUT2D eigenvalue weighted by atomic mass is 16.1. The van der Waals surface area contributed by atoms with Gasteiger partial charge in [0.1, 0.15) is 5.65 Å². The average Bonchev–Trinajstić information content (AvgIpc) is 2.82. The van der Waals surface area contributed by atoms with Gasteiger partial charge in [0.25, 0.3) is 0 Å². The van der Waals surface area contributed by atoms with Gasteiger partial charge in [-0.2, -0.15) is 0 Å². The van der Waals surface area contributed by atoms with E-state index in [4.69, 9.17) is 0 Å². The first-order valence-corrected chi connectivity index (χ1v) is 5.79. The second kappa shape index (κ2) is 4.11. The van der Waals surface area contributed by atoms with Crippen LogP contribution in [0.25, 0.3) is 11.0 Å². The molecule has 3 nitrogen and oxygen atoms in total. The van der Waals surface area contributed by atoms with E-state index >= 15 is 0 Å². The predicted octanol–water partition coefficient (Wildman–Crippen LogP) is 3.10. The van der Waals surface area contributed by atoms with Crippen LogP contribution in [-0.2, 0) is 0 Å². The highest BCUT2D eigenvalue weighted by Gasteiger charge is 2.14. The Morgan fingerprint density at radius 1 is 1.22 bits per heavy atom. The van der Waals surface area contributed by atoms with Gasteiger partial charge in [-0.15, -0.1) is 0 Å². The van der Waals surface area contributed by atoms with Crippen LogP contribution in [0.4, 0.5) is 0 Å². The number of hydrogen-bond donors (Lipinski definition) is 1. The SMILES string of the molecule is Cc1cccc(C(=O)c2c[nH]c3ncccc23)c1. The van der Waals surface area contributed by atoms with Gasteiger partial charge in [0.15, 0.2) is 5.78 Å². The number of nitrogens with zero attached hydrogens (tertiary/aromatic N) is 1. The summed E-state index contributed by atoms with van der Waals surface area (Å²) in [5.74, 6) is 0.0259. The fourth-order valence-corrected chi connectivity index (χ4v) is 2.09. The maximum absolute atomic E-state index is 12.4. The zero-order valence-corrected chi connectivity index (χ0v) is 9.97. The summed E-state index contributed by atoms with van der Waals surface area (Å²) >= 11 is 0.